The third-order valence-corrected chi connectivity index (χ3v) is 5.43. The summed E-state index contributed by atoms with van der Waals surface area (Å²) in [5, 5.41) is 8.66. The van der Waals surface area contributed by atoms with Crippen LogP contribution < -0.4 is 10.5 Å². The van der Waals surface area contributed by atoms with Crippen LogP contribution >= 0.6 is 0 Å². The van der Waals surface area contributed by atoms with Gasteiger partial charge in [0.05, 0.1) is 5.75 Å². The molecule has 0 aliphatic heterocycles. The third-order valence-electron chi connectivity index (χ3n) is 4.70. The zero-order valence-corrected chi connectivity index (χ0v) is 13.1. The molecule has 0 bridgehead atoms. The zero-order chi connectivity index (χ0) is 14.9. The Morgan fingerprint density at radius 1 is 1.05 bits per heavy atom. The highest BCUT2D eigenvalue weighted by molar-refractivity contribution is 7.88. The molecule has 2 fully saturated rings. The zero-order valence-electron chi connectivity index (χ0n) is 12.3. The molecular weight excluding hydrogens is 284 g/mol. The van der Waals surface area contributed by atoms with Crippen LogP contribution in [0.3, 0.4) is 0 Å². The lowest BCUT2D eigenvalue weighted by molar-refractivity contribution is 0.303. The minimum atomic E-state index is -3.45. The Morgan fingerprint density at radius 2 is 1.76 bits per heavy atom. The van der Waals surface area contributed by atoms with Crippen LogP contribution in [-0.2, 0) is 15.8 Å². The highest BCUT2D eigenvalue weighted by Crippen LogP contribution is 2.44. The molecule has 5 heteroatoms. The smallest absolute Gasteiger partial charge is 0.213 e. The minimum Gasteiger partial charge on any atom is -0.382 e. The lowest BCUT2D eigenvalue weighted by Crippen LogP contribution is -2.28. The molecule has 3 rings (SSSR count). The van der Waals surface area contributed by atoms with Crippen molar-refractivity contribution < 1.29 is 8.42 Å². The van der Waals surface area contributed by atoms with Gasteiger partial charge in [-0.1, -0.05) is 25.0 Å². The molecule has 0 aromatic heterocycles. The summed E-state index contributed by atoms with van der Waals surface area (Å²) in [6, 6.07) is 8.16. The van der Waals surface area contributed by atoms with Gasteiger partial charge < -0.3 is 5.32 Å². The molecule has 116 valence electrons. The van der Waals surface area contributed by atoms with Gasteiger partial charge in [0.1, 0.15) is 0 Å². The average Bonchev–Trinajstić information content (AvgIpc) is 3.24. The number of nitrogens with one attached hydrogen (secondary N) is 1. The molecule has 21 heavy (non-hydrogen) atoms. The van der Waals surface area contributed by atoms with Crippen LogP contribution in [0.2, 0.25) is 0 Å². The van der Waals surface area contributed by atoms with Crippen molar-refractivity contribution in [3.8, 4) is 0 Å². The van der Waals surface area contributed by atoms with E-state index >= 15 is 0 Å². The summed E-state index contributed by atoms with van der Waals surface area (Å²) in [7, 11) is -3.45. The van der Waals surface area contributed by atoms with Crippen molar-refractivity contribution in [1.82, 2.24) is 0 Å². The summed E-state index contributed by atoms with van der Waals surface area (Å²) in [6.07, 6.45) is 8.10. The summed E-state index contributed by atoms with van der Waals surface area (Å²) < 4.78 is 22.1. The van der Waals surface area contributed by atoms with Gasteiger partial charge in [-0.25, -0.2) is 13.6 Å². The first kappa shape index (κ1) is 14.9. The normalized spacial score (nSPS) is 26.5. The number of hydrogen-bond donors (Lipinski definition) is 2. The maximum Gasteiger partial charge on any atom is 0.213 e. The highest BCUT2D eigenvalue weighted by atomic mass is 32.2. The monoisotopic (exact) mass is 308 g/mol. The van der Waals surface area contributed by atoms with Gasteiger partial charge in [0.2, 0.25) is 10.0 Å². The summed E-state index contributed by atoms with van der Waals surface area (Å²) in [6.45, 7) is 0. The molecule has 0 saturated heterocycles. The Morgan fingerprint density at radius 3 is 2.38 bits per heavy atom. The molecule has 2 aliphatic carbocycles. The SMILES string of the molecule is NS(=O)(=O)Cc1ccc(NC2CCCC(C3CC3)C2)cc1. The number of hydrogen-bond acceptors (Lipinski definition) is 3. The van der Waals surface area contributed by atoms with Crippen LogP contribution in [0.25, 0.3) is 0 Å². The molecule has 2 atom stereocenters. The molecule has 0 amide bonds. The van der Waals surface area contributed by atoms with Gasteiger partial charge in [-0.3, -0.25) is 0 Å². The fourth-order valence-electron chi connectivity index (χ4n) is 3.52. The van der Waals surface area contributed by atoms with E-state index in [-0.39, 0.29) is 5.75 Å². The summed E-state index contributed by atoms with van der Waals surface area (Å²) in [5.41, 5.74) is 1.82. The highest BCUT2D eigenvalue weighted by Gasteiger charge is 2.34. The van der Waals surface area contributed by atoms with E-state index in [0.717, 1.165) is 23.1 Å². The van der Waals surface area contributed by atoms with Crippen LogP contribution in [0.1, 0.15) is 44.1 Å². The quantitative estimate of drug-likeness (QED) is 0.878. The molecule has 3 N–H and O–H groups in total. The van der Waals surface area contributed by atoms with E-state index < -0.39 is 10.0 Å². The summed E-state index contributed by atoms with van der Waals surface area (Å²) >= 11 is 0. The van der Waals surface area contributed by atoms with E-state index in [1.54, 1.807) is 0 Å². The number of rotatable bonds is 5. The fraction of sp³-hybridized carbons (Fsp3) is 0.625. The second-order valence-electron chi connectivity index (χ2n) is 6.61. The second-order valence-corrected chi connectivity index (χ2v) is 8.22. The van der Waals surface area contributed by atoms with E-state index in [4.69, 9.17) is 5.14 Å². The van der Waals surface area contributed by atoms with Crippen molar-refractivity contribution in [1.29, 1.82) is 0 Å². The molecule has 2 unspecified atom stereocenters. The lowest BCUT2D eigenvalue weighted by atomic mass is 9.82. The van der Waals surface area contributed by atoms with Crippen LogP contribution in [0.4, 0.5) is 5.69 Å². The number of primary sulfonamides is 1. The first-order chi connectivity index (χ1) is 9.99. The molecule has 1 aromatic rings. The molecule has 4 nitrogen and oxygen atoms in total. The van der Waals surface area contributed by atoms with Gasteiger partial charge in [-0.2, -0.15) is 0 Å². The maximum atomic E-state index is 11.1. The Kier molecular flexibility index (Phi) is 4.22. The fourth-order valence-corrected chi connectivity index (χ4v) is 4.18. The van der Waals surface area contributed by atoms with Crippen molar-refractivity contribution in [2.45, 2.75) is 50.3 Å². The van der Waals surface area contributed by atoms with Crippen molar-refractivity contribution in [3.63, 3.8) is 0 Å². The first-order valence-corrected chi connectivity index (χ1v) is 9.57. The summed E-state index contributed by atoms with van der Waals surface area (Å²) in [4.78, 5) is 0. The number of nitrogens with two attached hydrogens (primary N) is 1. The minimum absolute atomic E-state index is 0.0968. The number of anilines is 1. The average molecular weight is 308 g/mol. The van der Waals surface area contributed by atoms with Crippen LogP contribution in [0.5, 0.6) is 0 Å². The Hall–Kier alpha value is -1.07. The van der Waals surface area contributed by atoms with Crippen LogP contribution in [0.15, 0.2) is 24.3 Å². The van der Waals surface area contributed by atoms with E-state index in [1.165, 1.54) is 38.5 Å². The predicted molar refractivity (Wildman–Crippen MR) is 85.3 cm³/mol. The predicted octanol–water partition coefficient (Wildman–Crippen LogP) is 2.86. The van der Waals surface area contributed by atoms with Crippen molar-refractivity contribution >= 4 is 15.7 Å². The van der Waals surface area contributed by atoms with Crippen molar-refractivity contribution in [3.05, 3.63) is 29.8 Å². The van der Waals surface area contributed by atoms with Gasteiger partial charge in [0.15, 0.2) is 0 Å². The van der Waals surface area contributed by atoms with E-state index in [9.17, 15) is 8.42 Å². The van der Waals surface area contributed by atoms with Crippen molar-refractivity contribution in [2.75, 3.05) is 5.32 Å². The standard InChI is InChI=1S/C16H24N2O2S/c17-21(19,20)11-12-4-8-15(9-5-12)18-16-3-1-2-14(10-16)13-6-7-13/h4-5,8-9,13-14,16,18H,1-3,6-7,10-11H2,(H2,17,19,20). The second kappa shape index (κ2) is 5.97. The number of sulfonamides is 1. The number of benzene rings is 1. The summed E-state index contributed by atoms with van der Waals surface area (Å²) in [5.74, 6) is 1.81. The van der Waals surface area contributed by atoms with Crippen LogP contribution in [-0.4, -0.2) is 14.5 Å². The molecule has 2 saturated carbocycles. The molecule has 0 heterocycles. The van der Waals surface area contributed by atoms with E-state index in [1.807, 2.05) is 24.3 Å². The largest absolute Gasteiger partial charge is 0.382 e. The van der Waals surface area contributed by atoms with Crippen molar-refractivity contribution in [2.24, 2.45) is 17.0 Å². The van der Waals surface area contributed by atoms with Gasteiger partial charge in [0.25, 0.3) is 0 Å². The third kappa shape index (κ3) is 4.45. The molecular formula is C16H24N2O2S. The Balaban J connectivity index is 1.57. The molecule has 2 aliphatic rings. The topological polar surface area (TPSA) is 72.2 Å². The Bertz CT molecular complexity index is 579. The molecule has 0 radical (unpaired) electrons. The van der Waals surface area contributed by atoms with E-state index in [2.05, 4.69) is 5.32 Å². The Labute approximate surface area is 127 Å². The maximum absolute atomic E-state index is 11.1. The van der Waals surface area contributed by atoms with Gasteiger partial charge in [-0.05, 0) is 55.2 Å². The van der Waals surface area contributed by atoms with E-state index in [0.29, 0.717) is 6.04 Å². The van der Waals surface area contributed by atoms with Gasteiger partial charge >= 0.3 is 0 Å². The van der Waals surface area contributed by atoms with Crippen LogP contribution in [0, 0.1) is 11.8 Å². The first-order valence-electron chi connectivity index (χ1n) is 7.85. The molecule has 0 spiro atoms. The lowest BCUT2D eigenvalue weighted by Gasteiger charge is -2.30. The molecule has 1 aromatic carbocycles. The van der Waals surface area contributed by atoms with Gasteiger partial charge in [-0.15, -0.1) is 0 Å². The van der Waals surface area contributed by atoms with Gasteiger partial charge in [0, 0.05) is 11.7 Å².